The Morgan fingerprint density at radius 1 is 1.15 bits per heavy atom. The Morgan fingerprint density at radius 3 is 3.07 bits per heavy atom. The van der Waals surface area contributed by atoms with Gasteiger partial charge in [-0.25, -0.2) is 4.98 Å². The standard InChI is InChI=1S/C21H19N5O/c27-21(17-5-1-7-19-16(17)6-2-10-22-19)26-11-3-4-15(13-26)18-9-8-14-12-23-25-20(14)24-18/h1-2,5-10,12,15H,3-4,11,13H2,(H,23,24,25)/t15-/m0/s1. The molecule has 4 aromatic rings. The quantitative estimate of drug-likeness (QED) is 0.595. The molecule has 1 amide bonds. The molecule has 1 atom stereocenters. The summed E-state index contributed by atoms with van der Waals surface area (Å²) in [6.07, 6.45) is 5.54. The van der Waals surface area contributed by atoms with Crippen molar-refractivity contribution in [2.45, 2.75) is 18.8 Å². The normalized spacial score (nSPS) is 17.5. The lowest BCUT2D eigenvalue weighted by Gasteiger charge is -2.32. The molecule has 6 heteroatoms. The number of aromatic nitrogens is 4. The van der Waals surface area contributed by atoms with Gasteiger partial charge >= 0.3 is 0 Å². The van der Waals surface area contributed by atoms with Crippen LogP contribution in [0.4, 0.5) is 0 Å². The van der Waals surface area contributed by atoms with E-state index in [9.17, 15) is 4.79 Å². The van der Waals surface area contributed by atoms with E-state index in [0.29, 0.717) is 6.54 Å². The smallest absolute Gasteiger partial charge is 0.254 e. The zero-order valence-corrected chi connectivity index (χ0v) is 14.8. The van der Waals surface area contributed by atoms with Gasteiger partial charge in [0.25, 0.3) is 5.91 Å². The minimum absolute atomic E-state index is 0.0703. The molecule has 0 radical (unpaired) electrons. The van der Waals surface area contributed by atoms with Crippen LogP contribution in [0.25, 0.3) is 21.9 Å². The number of rotatable bonds is 2. The number of carbonyl (C=O) groups is 1. The van der Waals surface area contributed by atoms with Crippen molar-refractivity contribution in [2.75, 3.05) is 13.1 Å². The summed E-state index contributed by atoms with van der Waals surface area (Å²) in [4.78, 5) is 24.3. The minimum atomic E-state index is 0.0703. The maximum Gasteiger partial charge on any atom is 0.254 e. The number of carbonyl (C=O) groups excluding carboxylic acids is 1. The highest BCUT2D eigenvalue weighted by Gasteiger charge is 2.27. The number of fused-ring (bicyclic) bond motifs is 2. The number of aromatic amines is 1. The average molecular weight is 357 g/mol. The second-order valence-electron chi connectivity index (χ2n) is 7.01. The fourth-order valence-corrected chi connectivity index (χ4v) is 3.93. The summed E-state index contributed by atoms with van der Waals surface area (Å²) in [5.41, 5.74) is 3.39. The van der Waals surface area contributed by atoms with Crippen LogP contribution in [-0.2, 0) is 0 Å². The van der Waals surface area contributed by atoms with Gasteiger partial charge in [0, 0.05) is 47.2 Å². The van der Waals surface area contributed by atoms with Crippen LogP contribution in [-0.4, -0.2) is 44.1 Å². The Kier molecular flexibility index (Phi) is 3.81. The largest absolute Gasteiger partial charge is 0.338 e. The third kappa shape index (κ3) is 2.83. The van der Waals surface area contributed by atoms with E-state index in [0.717, 1.165) is 52.6 Å². The molecule has 0 saturated carbocycles. The molecule has 1 saturated heterocycles. The van der Waals surface area contributed by atoms with Crippen LogP contribution in [0.1, 0.15) is 34.8 Å². The van der Waals surface area contributed by atoms with Gasteiger partial charge in [-0.2, -0.15) is 5.10 Å². The van der Waals surface area contributed by atoms with Gasteiger partial charge in [-0.1, -0.05) is 12.1 Å². The maximum absolute atomic E-state index is 13.2. The maximum atomic E-state index is 13.2. The second kappa shape index (κ2) is 6.46. The van der Waals surface area contributed by atoms with E-state index in [-0.39, 0.29) is 11.8 Å². The van der Waals surface area contributed by atoms with Crippen molar-refractivity contribution in [3.63, 3.8) is 0 Å². The molecule has 1 N–H and O–H groups in total. The lowest BCUT2D eigenvalue weighted by atomic mass is 9.93. The van der Waals surface area contributed by atoms with E-state index < -0.39 is 0 Å². The Balaban J connectivity index is 1.44. The van der Waals surface area contributed by atoms with Crippen LogP contribution < -0.4 is 0 Å². The summed E-state index contributed by atoms with van der Waals surface area (Å²) in [6, 6.07) is 13.7. The Hall–Kier alpha value is -3.28. The summed E-state index contributed by atoms with van der Waals surface area (Å²) in [6.45, 7) is 1.46. The number of benzene rings is 1. The molecule has 1 aliphatic heterocycles. The van der Waals surface area contributed by atoms with Crippen molar-refractivity contribution in [3.05, 3.63) is 66.1 Å². The van der Waals surface area contributed by atoms with Crippen LogP contribution >= 0.6 is 0 Å². The number of amides is 1. The van der Waals surface area contributed by atoms with E-state index in [1.165, 1.54) is 0 Å². The van der Waals surface area contributed by atoms with Crippen molar-refractivity contribution in [2.24, 2.45) is 0 Å². The highest BCUT2D eigenvalue weighted by atomic mass is 16.2. The van der Waals surface area contributed by atoms with Gasteiger partial charge in [-0.05, 0) is 43.2 Å². The first-order valence-corrected chi connectivity index (χ1v) is 9.22. The number of H-pyrrole nitrogens is 1. The molecule has 0 aliphatic carbocycles. The molecule has 27 heavy (non-hydrogen) atoms. The van der Waals surface area contributed by atoms with Gasteiger partial charge in [0.1, 0.15) is 0 Å². The van der Waals surface area contributed by atoms with Gasteiger partial charge in [-0.3, -0.25) is 14.9 Å². The first-order valence-electron chi connectivity index (χ1n) is 9.22. The molecule has 1 aliphatic rings. The summed E-state index contributed by atoms with van der Waals surface area (Å²) in [7, 11) is 0. The first kappa shape index (κ1) is 15.9. The third-order valence-electron chi connectivity index (χ3n) is 5.33. The van der Waals surface area contributed by atoms with Crippen molar-refractivity contribution >= 4 is 27.8 Å². The van der Waals surface area contributed by atoms with Crippen molar-refractivity contribution in [3.8, 4) is 0 Å². The van der Waals surface area contributed by atoms with Gasteiger partial charge in [-0.15, -0.1) is 0 Å². The predicted octanol–water partition coefficient (Wildman–Crippen LogP) is 3.53. The molecule has 0 spiro atoms. The zero-order chi connectivity index (χ0) is 18.2. The Bertz CT molecular complexity index is 1130. The summed E-state index contributed by atoms with van der Waals surface area (Å²) < 4.78 is 0. The number of nitrogens with zero attached hydrogens (tertiary/aromatic N) is 4. The lowest BCUT2D eigenvalue weighted by molar-refractivity contribution is 0.0708. The van der Waals surface area contributed by atoms with Crippen molar-refractivity contribution < 1.29 is 4.79 Å². The molecule has 0 bridgehead atoms. The molecule has 3 aromatic heterocycles. The topological polar surface area (TPSA) is 74.8 Å². The molecule has 134 valence electrons. The highest BCUT2D eigenvalue weighted by Crippen LogP contribution is 2.28. The fraction of sp³-hybridized carbons (Fsp3) is 0.238. The number of hydrogen-bond acceptors (Lipinski definition) is 4. The molecule has 4 heterocycles. The third-order valence-corrected chi connectivity index (χ3v) is 5.33. The van der Waals surface area contributed by atoms with Crippen molar-refractivity contribution in [1.29, 1.82) is 0 Å². The number of piperidine rings is 1. The average Bonchev–Trinajstić information content (AvgIpc) is 3.21. The van der Waals surface area contributed by atoms with Crippen LogP contribution in [0.3, 0.4) is 0 Å². The van der Waals surface area contributed by atoms with E-state index >= 15 is 0 Å². The van der Waals surface area contributed by atoms with Gasteiger partial charge in [0.2, 0.25) is 0 Å². The SMILES string of the molecule is O=C(c1cccc2ncccc12)N1CCC[C@H](c2ccc3cn[nH]c3n2)C1. The lowest BCUT2D eigenvalue weighted by Crippen LogP contribution is -2.39. The number of pyridine rings is 2. The molecule has 5 rings (SSSR count). The first-order chi connectivity index (χ1) is 13.3. The van der Waals surface area contributed by atoms with Crippen molar-refractivity contribution in [1.82, 2.24) is 25.1 Å². The molecular formula is C21H19N5O. The molecule has 1 fully saturated rings. The van der Waals surface area contributed by atoms with E-state index in [1.807, 2.05) is 41.3 Å². The Morgan fingerprint density at radius 2 is 2.11 bits per heavy atom. The van der Waals surface area contributed by atoms with E-state index in [4.69, 9.17) is 4.98 Å². The van der Waals surface area contributed by atoms with Crippen LogP contribution in [0.5, 0.6) is 0 Å². The van der Waals surface area contributed by atoms with Crippen LogP contribution in [0, 0.1) is 0 Å². The Labute approximate surface area is 156 Å². The molecule has 1 aromatic carbocycles. The monoisotopic (exact) mass is 357 g/mol. The zero-order valence-electron chi connectivity index (χ0n) is 14.8. The fourth-order valence-electron chi connectivity index (χ4n) is 3.93. The summed E-state index contributed by atoms with van der Waals surface area (Å²) >= 11 is 0. The second-order valence-corrected chi connectivity index (χ2v) is 7.01. The van der Waals surface area contributed by atoms with Gasteiger partial charge in [0.15, 0.2) is 5.65 Å². The number of likely N-dealkylation sites (tertiary alicyclic amines) is 1. The minimum Gasteiger partial charge on any atom is -0.338 e. The van der Waals surface area contributed by atoms with Gasteiger partial charge in [0.05, 0.1) is 11.7 Å². The number of nitrogens with one attached hydrogen (secondary N) is 1. The predicted molar refractivity (Wildman–Crippen MR) is 104 cm³/mol. The van der Waals surface area contributed by atoms with E-state index in [2.05, 4.69) is 21.2 Å². The van der Waals surface area contributed by atoms with Crippen LogP contribution in [0.15, 0.2) is 54.9 Å². The molecular weight excluding hydrogens is 338 g/mol. The summed E-state index contributed by atoms with van der Waals surface area (Å²) in [5, 5.41) is 8.88. The van der Waals surface area contributed by atoms with Crippen LogP contribution in [0.2, 0.25) is 0 Å². The van der Waals surface area contributed by atoms with Gasteiger partial charge < -0.3 is 4.90 Å². The molecule has 0 unspecified atom stereocenters. The molecule has 6 nitrogen and oxygen atoms in total. The highest BCUT2D eigenvalue weighted by molar-refractivity contribution is 6.06. The number of hydrogen-bond donors (Lipinski definition) is 1. The summed E-state index contributed by atoms with van der Waals surface area (Å²) in [5.74, 6) is 0.310. The van der Waals surface area contributed by atoms with E-state index in [1.54, 1.807) is 12.4 Å².